The summed E-state index contributed by atoms with van der Waals surface area (Å²) < 4.78 is 37.6. The summed E-state index contributed by atoms with van der Waals surface area (Å²) in [5.74, 6) is 0.748. The van der Waals surface area contributed by atoms with Gasteiger partial charge in [0.05, 0.1) is 0 Å². The number of fused-ring (bicyclic) bond motifs is 1. The normalized spacial score (nSPS) is 11.7. The number of alkyl halides is 3. The first-order valence-electron chi connectivity index (χ1n) is 7.55. The number of anilines is 2. The van der Waals surface area contributed by atoms with E-state index in [1.165, 1.54) is 6.07 Å². The second-order valence-corrected chi connectivity index (χ2v) is 5.74. The van der Waals surface area contributed by atoms with Crippen LogP contribution in [0.5, 0.6) is 0 Å². The highest BCUT2D eigenvalue weighted by molar-refractivity contribution is 5.94. The van der Waals surface area contributed by atoms with E-state index in [1.54, 1.807) is 6.20 Å². The van der Waals surface area contributed by atoms with E-state index in [0.717, 1.165) is 33.5 Å². The van der Waals surface area contributed by atoms with Gasteiger partial charge < -0.3 is 11.1 Å². The van der Waals surface area contributed by atoms with E-state index < -0.39 is 11.9 Å². The summed E-state index contributed by atoms with van der Waals surface area (Å²) in [6.45, 7) is 4.34. The van der Waals surface area contributed by atoms with Crippen molar-refractivity contribution in [2.75, 3.05) is 11.1 Å². The second-order valence-electron chi connectivity index (χ2n) is 5.74. The Morgan fingerprint density at radius 3 is 2.48 bits per heavy atom. The van der Waals surface area contributed by atoms with Crippen LogP contribution in [0.2, 0.25) is 0 Å². The van der Waals surface area contributed by atoms with Crippen LogP contribution in [0.3, 0.4) is 0 Å². The smallest absolute Gasteiger partial charge is 0.383 e. The molecule has 0 fully saturated rings. The zero-order valence-corrected chi connectivity index (χ0v) is 13.6. The average molecular weight is 347 g/mol. The molecule has 3 aromatic rings. The number of nitrogens with zero attached hydrogens (tertiary/aromatic N) is 3. The van der Waals surface area contributed by atoms with Crippen LogP contribution in [-0.2, 0) is 12.7 Å². The fraction of sp³-hybridized carbons (Fsp3) is 0.235. The highest BCUT2D eigenvalue weighted by atomic mass is 19.4. The van der Waals surface area contributed by atoms with Crippen LogP contribution in [-0.4, -0.2) is 15.2 Å². The van der Waals surface area contributed by atoms with Gasteiger partial charge in [-0.1, -0.05) is 0 Å². The predicted molar refractivity (Wildman–Crippen MR) is 90.0 cm³/mol. The third kappa shape index (κ3) is 3.33. The molecule has 0 amide bonds. The maximum absolute atomic E-state index is 12.5. The van der Waals surface area contributed by atoms with E-state index in [0.29, 0.717) is 12.4 Å². The predicted octanol–water partition coefficient (Wildman–Crippen LogP) is 3.85. The molecule has 0 aliphatic heterocycles. The van der Waals surface area contributed by atoms with Crippen molar-refractivity contribution in [1.29, 1.82) is 0 Å². The Bertz CT molecular complexity index is 920. The third-order valence-electron chi connectivity index (χ3n) is 4.12. The van der Waals surface area contributed by atoms with Crippen molar-refractivity contribution >= 4 is 22.4 Å². The maximum atomic E-state index is 12.5. The van der Waals surface area contributed by atoms with Crippen molar-refractivity contribution in [3.05, 3.63) is 52.8 Å². The lowest BCUT2D eigenvalue weighted by atomic mass is 9.96. The van der Waals surface area contributed by atoms with Crippen LogP contribution >= 0.6 is 0 Å². The molecule has 0 aliphatic carbocycles. The van der Waals surface area contributed by atoms with Gasteiger partial charge in [-0.15, -0.1) is 10.2 Å². The number of benzene rings is 1. The molecule has 0 aliphatic rings. The van der Waals surface area contributed by atoms with Gasteiger partial charge in [0, 0.05) is 18.1 Å². The quantitative estimate of drug-likeness (QED) is 0.752. The number of rotatable bonds is 3. The summed E-state index contributed by atoms with van der Waals surface area (Å²) in [7, 11) is 0. The number of aryl methyl sites for hydroxylation is 2. The number of hydrogen-bond donors (Lipinski definition) is 2. The molecule has 130 valence electrons. The highest BCUT2D eigenvalue weighted by Crippen LogP contribution is 2.29. The largest absolute Gasteiger partial charge is 0.435 e. The van der Waals surface area contributed by atoms with E-state index >= 15 is 0 Å². The number of halogens is 3. The summed E-state index contributed by atoms with van der Waals surface area (Å²) in [4.78, 5) is 4.09. The summed E-state index contributed by atoms with van der Waals surface area (Å²) in [5, 5.41) is 11.7. The topological polar surface area (TPSA) is 76.7 Å². The zero-order chi connectivity index (χ0) is 18.2. The van der Waals surface area contributed by atoms with E-state index in [2.05, 4.69) is 20.5 Å². The summed E-state index contributed by atoms with van der Waals surface area (Å²) in [5.41, 5.74) is 7.98. The van der Waals surface area contributed by atoms with Gasteiger partial charge in [-0.3, -0.25) is 0 Å². The van der Waals surface area contributed by atoms with Gasteiger partial charge in [-0.2, -0.15) is 13.2 Å². The lowest BCUT2D eigenvalue weighted by Crippen LogP contribution is -2.11. The van der Waals surface area contributed by atoms with Gasteiger partial charge in [0.25, 0.3) is 0 Å². The molecule has 3 N–H and O–H groups in total. The maximum Gasteiger partial charge on any atom is 0.435 e. The molecule has 3 rings (SSSR count). The molecule has 5 nitrogen and oxygen atoms in total. The zero-order valence-electron chi connectivity index (χ0n) is 13.6. The standard InChI is InChI=1S/C17H16F3N5/c1-9-7-12-11(5-6-22-16(12)21)10(2)13(9)8-23-15-4-3-14(24-25-15)17(18,19)20/h3-7H,8H2,1-2H3,(H2,21,22)(H,23,25). The van der Waals surface area contributed by atoms with E-state index in [4.69, 9.17) is 5.73 Å². The van der Waals surface area contributed by atoms with Gasteiger partial charge in [-0.05, 0) is 60.2 Å². The Morgan fingerprint density at radius 1 is 1.08 bits per heavy atom. The minimum atomic E-state index is -4.50. The van der Waals surface area contributed by atoms with E-state index in [-0.39, 0.29) is 5.82 Å². The van der Waals surface area contributed by atoms with Crippen molar-refractivity contribution in [1.82, 2.24) is 15.2 Å². The molecule has 2 aromatic heterocycles. The van der Waals surface area contributed by atoms with Crippen LogP contribution < -0.4 is 11.1 Å². The third-order valence-corrected chi connectivity index (χ3v) is 4.12. The Morgan fingerprint density at radius 2 is 1.84 bits per heavy atom. The van der Waals surface area contributed by atoms with Gasteiger partial charge in [0.15, 0.2) is 5.69 Å². The monoisotopic (exact) mass is 347 g/mol. The number of pyridine rings is 1. The lowest BCUT2D eigenvalue weighted by molar-refractivity contribution is -0.141. The van der Waals surface area contributed by atoms with Gasteiger partial charge in [-0.25, -0.2) is 4.98 Å². The van der Waals surface area contributed by atoms with Gasteiger partial charge in [0.1, 0.15) is 11.6 Å². The molecule has 0 saturated heterocycles. The van der Waals surface area contributed by atoms with Gasteiger partial charge >= 0.3 is 6.18 Å². The van der Waals surface area contributed by atoms with Crippen molar-refractivity contribution in [2.24, 2.45) is 0 Å². The van der Waals surface area contributed by atoms with Crippen LogP contribution in [0, 0.1) is 13.8 Å². The molecule has 0 radical (unpaired) electrons. The Balaban J connectivity index is 1.86. The number of hydrogen-bond acceptors (Lipinski definition) is 5. The minimum Gasteiger partial charge on any atom is -0.383 e. The molecule has 1 aromatic carbocycles. The summed E-state index contributed by atoms with van der Waals surface area (Å²) in [6, 6.07) is 6.02. The SMILES string of the molecule is Cc1cc2c(N)nccc2c(C)c1CNc1ccc(C(F)(F)F)nn1. The van der Waals surface area contributed by atoms with E-state index in [1.807, 2.05) is 26.0 Å². The van der Waals surface area contributed by atoms with Crippen molar-refractivity contribution < 1.29 is 13.2 Å². The molecule has 8 heteroatoms. The highest BCUT2D eigenvalue weighted by Gasteiger charge is 2.32. The van der Waals surface area contributed by atoms with Crippen LogP contribution in [0.4, 0.5) is 24.8 Å². The molecule has 0 saturated carbocycles. The molecular formula is C17H16F3N5. The van der Waals surface area contributed by atoms with Crippen LogP contribution in [0.25, 0.3) is 10.8 Å². The lowest BCUT2D eigenvalue weighted by Gasteiger charge is -2.15. The molecule has 2 heterocycles. The Kier molecular flexibility index (Phi) is 4.20. The summed E-state index contributed by atoms with van der Waals surface area (Å²) in [6.07, 6.45) is -2.84. The Labute approximate surface area is 142 Å². The van der Waals surface area contributed by atoms with E-state index in [9.17, 15) is 13.2 Å². The van der Waals surface area contributed by atoms with Crippen molar-refractivity contribution in [2.45, 2.75) is 26.6 Å². The number of nitrogens with two attached hydrogens (primary N) is 1. The minimum absolute atomic E-state index is 0.279. The molecule has 0 unspecified atom stereocenters. The van der Waals surface area contributed by atoms with Crippen molar-refractivity contribution in [3.8, 4) is 0 Å². The Hall–Kier alpha value is -2.90. The van der Waals surface area contributed by atoms with Gasteiger partial charge in [0.2, 0.25) is 0 Å². The van der Waals surface area contributed by atoms with Crippen molar-refractivity contribution in [3.63, 3.8) is 0 Å². The first-order valence-corrected chi connectivity index (χ1v) is 7.55. The number of nitrogen functional groups attached to an aromatic ring is 1. The molecule has 25 heavy (non-hydrogen) atoms. The average Bonchev–Trinajstić information content (AvgIpc) is 2.55. The van der Waals surface area contributed by atoms with Crippen LogP contribution in [0.1, 0.15) is 22.4 Å². The first-order chi connectivity index (χ1) is 11.8. The second kappa shape index (κ2) is 6.19. The molecule has 0 atom stereocenters. The molecule has 0 bridgehead atoms. The summed E-state index contributed by atoms with van der Waals surface area (Å²) >= 11 is 0. The molecular weight excluding hydrogens is 331 g/mol. The fourth-order valence-corrected chi connectivity index (χ4v) is 2.76. The number of aromatic nitrogens is 3. The first kappa shape index (κ1) is 16.9. The molecule has 0 spiro atoms. The van der Waals surface area contributed by atoms with Crippen LogP contribution in [0.15, 0.2) is 30.5 Å². The fourth-order valence-electron chi connectivity index (χ4n) is 2.76. The number of nitrogens with one attached hydrogen (secondary N) is 1.